The molecule has 0 aromatic rings. The maximum absolute atomic E-state index is 11.5. The van der Waals surface area contributed by atoms with E-state index in [1.165, 1.54) is 38.5 Å². The van der Waals surface area contributed by atoms with Gasteiger partial charge >= 0.3 is 0 Å². The van der Waals surface area contributed by atoms with E-state index in [0.29, 0.717) is 46.5 Å². The Labute approximate surface area is 199 Å². The van der Waals surface area contributed by atoms with Crippen LogP contribution >= 0.6 is 0 Å². The summed E-state index contributed by atoms with van der Waals surface area (Å²) in [6, 6.07) is 0.350. The predicted octanol–water partition coefficient (Wildman–Crippen LogP) is 6.60. The van der Waals surface area contributed by atoms with Gasteiger partial charge in [-0.15, -0.1) is 0 Å². The number of fused-ring (bicyclic) bond motifs is 5. The molecule has 0 bridgehead atoms. The molecule has 0 spiro atoms. The van der Waals surface area contributed by atoms with Crippen LogP contribution in [0.4, 0.5) is 0 Å². The summed E-state index contributed by atoms with van der Waals surface area (Å²) in [6.45, 7) is 20.3. The summed E-state index contributed by atoms with van der Waals surface area (Å²) in [6.07, 6.45) is 9.74. The smallest absolute Gasteiger partial charge is 0.191 e. The lowest BCUT2D eigenvalue weighted by molar-refractivity contribution is -0.166. The molecule has 4 fully saturated rings. The maximum atomic E-state index is 11.5. The summed E-state index contributed by atoms with van der Waals surface area (Å²) in [4.78, 5) is 0. The van der Waals surface area contributed by atoms with Crippen molar-refractivity contribution in [3.8, 4) is 0 Å². The molecule has 4 saturated carbocycles. The third-order valence-electron chi connectivity index (χ3n) is 12.0. The molecular formula is C28H53NO2Si. The Bertz CT molecular complexity index is 689. The Balaban J connectivity index is 1.50. The van der Waals surface area contributed by atoms with Crippen molar-refractivity contribution in [2.24, 2.45) is 52.1 Å². The standard InChI is InChI=1S/C28H53NO2Si/c1-18(17-31-32(7,8)26(2,3)4)21-9-10-22-25-23(12-14-28(21,22)6)27(5)13-11-20(29)15-19(27)16-24(25)30/h18-25,30H,9-17,29H2,1-8H3/t18-,19+,20-,21+,22-,23-,24+,25-,27-,28+/m0/s1. The molecule has 0 aromatic carbocycles. The van der Waals surface area contributed by atoms with Crippen molar-refractivity contribution in [3.05, 3.63) is 0 Å². The molecule has 4 aliphatic carbocycles. The van der Waals surface area contributed by atoms with E-state index in [0.717, 1.165) is 25.4 Å². The summed E-state index contributed by atoms with van der Waals surface area (Å²) in [5.41, 5.74) is 7.13. The van der Waals surface area contributed by atoms with Gasteiger partial charge in [0.15, 0.2) is 8.32 Å². The number of aliphatic hydroxyl groups is 1. The van der Waals surface area contributed by atoms with Gasteiger partial charge in [-0.05, 0) is 116 Å². The van der Waals surface area contributed by atoms with Gasteiger partial charge < -0.3 is 15.3 Å². The molecule has 186 valence electrons. The normalized spacial score (nSPS) is 48.0. The third-order valence-corrected chi connectivity index (χ3v) is 16.5. The summed E-state index contributed by atoms with van der Waals surface area (Å²) < 4.78 is 6.70. The Morgan fingerprint density at radius 3 is 2.28 bits per heavy atom. The van der Waals surface area contributed by atoms with Gasteiger partial charge in [-0.2, -0.15) is 0 Å². The van der Waals surface area contributed by atoms with Crippen molar-refractivity contribution in [2.45, 2.75) is 123 Å². The zero-order chi connectivity index (χ0) is 23.7. The van der Waals surface area contributed by atoms with E-state index in [2.05, 4.69) is 54.6 Å². The number of nitrogens with two attached hydrogens (primary N) is 1. The molecule has 10 atom stereocenters. The first-order valence-corrected chi connectivity index (χ1v) is 16.7. The van der Waals surface area contributed by atoms with E-state index >= 15 is 0 Å². The van der Waals surface area contributed by atoms with Gasteiger partial charge in [0, 0.05) is 12.6 Å². The zero-order valence-electron chi connectivity index (χ0n) is 22.4. The first-order valence-electron chi connectivity index (χ1n) is 13.8. The highest BCUT2D eigenvalue weighted by atomic mass is 28.4. The van der Waals surface area contributed by atoms with Gasteiger partial charge in [0.05, 0.1) is 6.10 Å². The van der Waals surface area contributed by atoms with Gasteiger partial charge in [0.25, 0.3) is 0 Å². The lowest BCUT2D eigenvalue weighted by Crippen LogP contribution is -2.59. The van der Waals surface area contributed by atoms with E-state index in [9.17, 15) is 5.11 Å². The molecule has 4 rings (SSSR count). The summed E-state index contributed by atoms with van der Waals surface area (Å²) >= 11 is 0. The SMILES string of the molecule is C[C@@H](CO[Si](C)(C)C(C)(C)C)[C@H]1CC[C@H]2[C@@H]3[C@H](O)C[C@H]4C[C@@H](N)CC[C@]4(C)[C@H]3CC[C@]12C. The predicted molar refractivity (Wildman–Crippen MR) is 137 cm³/mol. The monoisotopic (exact) mass is 463 g/mol. The quantitative estimate of drug-likeness (QED) is 0.462. The molecule has 0 radical (unpaired) electrons. The Kier molecular flexibility index (Phi) is 6.57. The molecule has 0 unspecified atom stereocenters. The average molecular weight is 464 g/mol. The van der Waals surface area contributed by atoms with Crippen LogP contribution in [0.5, 0.6) is 0 Å². The van der Waals surface area contributed by atoms with Crippen molar-refractivity contribution < 1.29 is 9.53 Å². The van der Waals surface area contributed by atoms with Crippen molar-refractivity contribution in [1.29, 1.82) is 0 Å². The van der Waals surface area contributed by atoms with Gasteiger partial charge in [-0.3, -0.25) is 0 Å². The Hall–Kier alpha value is 0.0969. The summed E-state index contributed by atoms with van der Waals surface area (Å²) in [7, 11) is -1.71. The van der Waals surface area contributed by atoms with E-state index in [1.807, 2.05) is 0 Å². The molecule has 3 N–H and O–H groups in total. The fraction of sp³-hybridized carbons (Fsp3) is 1.00. The van der Waals surface area contributed by atoms with Crippen LogP contribution in [0.3, 0.4) is 0 Å². The van der Waals surface area contributed by atoms with Crippen LogP contribution in [0.2, 0.25) is 18.1 Å². The highest BCUT2D eigenvalue weighted by molar-refractivity contribution is 6.74. The van der Waals surface area contributed by atoms with Crippen LogP contribution in [0.1, 0.15) is 92.9 Å². The van der Waals surface area contributed by atoms with E-state index < -0.39 is 8.32 Å². The van der Waals surface area contributed by atoms with Gasteiger partial charge in [0.2, 0.25) is 0 Å². The Morgan fingerprint density at radius 2 is 1.62 bits per heavy atom. The van der Waals surface area contributed by atoms with Crippen LogP contribution < -0.4 is 5.73 Å². The molecule has 3 nitrogen and oxygen atoms in total. The van der Waals surface area contributed by atoms with Gasteiger partial charge in [-0.1, -0.05) is 41.5 Å². The second kappa shape index (κ2) is 8.35. The summed E-state index contributed by atoms with van der Waals surface area (Å²) in [5, 5.41) is 11.7. The van der Waals surface area contributed by atoms with Gasteiger partial charge in [-0.25, -0.2) is 0 Å². The lowest BCUT2D eigenvalue weighted by Gasteiger charge is -2.62. The molecule has 0 heterocycles. The highest BCUT2D eigenvalue weighted by Gasteiger charge is 2.62. The van der Waals surface area contributed by atoms with Crippen molar-refractivity contribution in [1.82, 2.24) is 0 Å². The molecule has 0 amide bonds. The molecule has 4 heteroatoms. The van der Waals surface area contributed by atoms with Gasteiger partial charge in [0.1, 0.15) is 0 Å². The second-order valence-electron chi connectivity index (χ2n) is 14.6. The van der Waals surface area contributed by atoms with Crippen molar-refractivity contribution >= 4 is 8.32 Å². The minimum absolute atomic E-state index is 0.120. The van der Waals surface area contributed by atoms with Crippen LogP contribution in [-0.4, -0.2) is 32.2 Å². The van der Waals surface area contributed by atoms with Crippen LogP contribution in [-0.2, 0) is 4.43 Å². The number of hydrogen-bond acceptors (Lipinski definition) is 3. The number of aliphatic hydroxyl groups excluding tert-OH is 1. The topological polar surface area (TPSA) is 55.5 Å². The third kappa shape index (κ3) is 3.97. The highest BCUT2D eigenvalue weighted by Crippen LogP contribution is 2.68. The van der Waals surface area contributed by atoms with Crippen LogP contribution in [0, 0.1) is 46.3 Å². The lowest BCUT2D eigenvalue weighted by atomic mass is 9.43. The van der Waals surface area contributed by atoms with E-state index in [-0.39, 0.29) is 11.1 Å². The zero-order valence-corrected chi connectivity index (χ0v) is 23.4. The van der Waals surface area contributed by atoms with E-state index in [4.69, 9.17) is 10.2 Å². The molecular weight excluding hydrogens is 410 g/mol. The first kappa shape index (κ1) is 25.2. The molecule has 0 aromatic heterocycles. The average Bonchev–Trinajstić information content (AvgIpc) is 3.04. The first-order chi connectivity index (χ1) is 14.7. The minimum atomic E-state index is -1.71. The maximum Gasteiger partial charge on any atom is 0.191 e. The number of rotatable bonds is 4. The van der Waals surface area contributed by atoms with E-state index in [1.54, 1.807) is 0 Å². The molecule has 4 aliphatic rings. The fourth-order valence-corrected chi connectivity index (χ4v) is 10.0. The van der Waals surface area contributed by atoms with Crippen molar-refractivity contribution in [3.63, 3.8) is 0 Å². The summed E-state index contributed by atoms with van der Waals surface area (Å²) in [5.74, 6) is 3.84. The Morgan fingerprint density at radius 1 is 1.00 bits per heavy atom. The largest absolute Gasteiger partial charge is 0.417 e. The van der Waals surface area contributed by atoms with Crippen molar-refractivity contribution in [2.75, 3.05) is 6.61 Å². The molecule has 0 aliphatic heterocycles. The second-order valence-corrected chi connectivity index (χ2v) is 19.4. The fourth-order valence-electron chi connectivity index (χ4n) is 8.90. The molecule has 0 saturated heterocycles. The van der Waals surface area contributed by atoms with Crippen LogP contribution in [0.15, 0.2) is 0 Å². The molecule has 32 heavy (non-hydrogen) atoms. The number of hydrogen-bond donors (Lipinski definition) is 2. The minimum Gasteiger partial charge on any atom is -0.417 e. The van der Waals surface area contributed by atoms with Crippen LogP contribution in [0.25, 0.3) is 0 Å².